The monoisotopic (exact) mass is 563 g/mol. The fourth-order valence-corrected chi connectivity index (χ4v) is 9.76. The molecule has 192 valence electrons. The van der Waals surface area contributed by atoms with Gasteiger partial charge in [0, 0.05) is 0 Å². The number of fused-ring (bicyclic) bond motifs is 6. The number of aryl methyl sites for hydroxylation is 1. The number of ether oxygens (including phenoxy) is 1. The molecule has 6 rings (SSSR count). The van der Waals surface area contributed by atoms with Gasteiger partial charge in [-0.05, 0) is 0 Å². The minimum atomic E-state index is -0.114. The Labute approximate surface area is 224 Å². The van der Waals surface area contributed by atoms with Crippen LogP contribution >= 0.6 is 0 Å². The molecule has 2 bridgehead atoms. The number of methoxy groups -OCH3 is 1. The van der Waals surface area contributed by atoms with Gasteiger partial charge in [0.2, 0.25) is 0 Å². The first-order valence-corrected chi connectivity index (χ1v) is 14.9. The zero-order valence-electron chi connectivity index (χ0n) is 21.6. The number of Topliss-reactive ketones (excluding diaryl/α,β-unsaturated/α-hetero) is 1. The molecular weight excluding hydrogens is 529 g/mol. The van der Waals surface area contributed by atoms with Crippen LogP contribution in [0.25, 0.3) is 10.9 Å². The topological polar surface area (TPSA) is 54.8 Å². The zero-order valence-corrected chi connectivity index (χ0v) is 23.3. The third-order valence-corrected chi connectivity index (χ3v) is 11.2. The van der Waals surface area contributed by atoms with E-state index >= 15 is 0 Å². The molecular formula is C30H33N3O3Se. The number of ketones is 1. The molecule has 6 nitrogen and oxygen atoms in total. The van der Waals surface area contributed by atoms with E-state index in [0.717, 1.165) is 47.1 Å². The molecule has 1 aromatic heterocycles. The van der Waals surface area contributed by atoms with E-state index in [1.54, 1.807) is 7.11 Å². The zero-order chi connectivity index (χ0) is 25.7. The molecule has 4 atom stereocenters. The van der Waals surface area contributed by atoms with E-state index in [-0.39, 0.29) is 49.5 Å². The molecule has 1 aliphatic carbocycles. The Morgan fingerprint density at radius 1 is 1.08 bits per heavy atom. The van der Waals surface area contributed by atoms with Crippen LogP contribution in [0.2, 0.25) is 4.82 Å². The second-order valence-electron chi connectivity index (χ2n) is 10.4. The molecule has 3 heterocycles. The van der Waals surface area contributed by atoms with Gasteiger partial charge < -0.3 is 0 Å². The summed E-state index contributed by atoms with van der Waals surface area (Å²) in [5, 5.41) is 1.14. The Hall–Kier alpha value is -2.86. The van der Waals surface area contributed by atoms with Crippen molar-refractivity contribution in [2.24, 2.45) is 13.0 Å². The fraction of sp³-hybridized carbons (Fsp3) is 0.400. The number of amides is 1. The first-order chi connectivity index (χ1) is 18.0. The van der Waals surface area contributed by atoms with Crippen LogP contribution in [0.5, 0.6) is 0 Å². The summed E-state index contributed by atoms with van der Waals surface area (Å²) >= 11 is 0.0699. The summed E-state index contributed by atoms with van der Waals surface area (Å²) in [6, 6.07) is 19.1. The molecule has 2 aliphatic heterocycles. The van der Waals surface area contributed by atoms with Crippen molar-refractivity contribution in [3.63, 3.8) is 0 Å². The van der Waals surface area contributed by atoms with E-state index in [4.69, 9.17) is 4.74 Å². The third kappa shape index (κ3) is 4.04. The maximum atomic E-state index is 14.1. The average Bonchev–Trinajstić information content (AvgIpc) is 3.46. The van der Waals surface area contributed by atoms with Gasteiger partial charge in [-0.2, -0.15) is 0 Å². The van der Waals surface area contributed by atoms with Gasteiger partial charge in [-0.25, -0.2) is 0 Å². The maximum absolute atomic E-state index is 14.1. The number of nitrogens with zero attached hydrogens (tertiary/aromatic N) is 3. The number of likely N-dealkylation sites (tertiary alicyclic amines) is 1. The van der Waals surface area contributed by atoms with Crippen LogP contribution in [-0.2, 0) is 16.6 Å². The molecule has 2 aromatic carbocycles. The van der Waals surface area contributed by atoms with E-state index in [9.17, 15) is 9.59 Å². The number of hydrogen-bond donors (Lipinski definition) is 0. The molecule has 3 aliphatic rings. The van der Waals surface area contributed by atoms with Gasteiger partial charge in [-0.15, -0.1) is 0 Å². The van der Waals surface area contributed by atoms with Crippen molar-refractivity contribution in [1.29, 1.82) is 0 Å². The van der Waals surface area contributed by atoms with Crippen LogP contribution in [0.3, 0.4) is 0 Å². The molecule has 3 aromatic rings. The van der Waals surface area contributed by atoms with Gasteiger partial charge >= 0.3 is 225 Å². The second-order valence-corrected chi connectivity index (χ2v) is 13.0. The van der Waals surface area contributed by atoms with Crippen molar-refractivity contribution in [2.75, 3.05) is 27.3 Å². The van der Waals surface area contributed by atoms with E-state index in [2.05, 4.69) is 65.2 Å². The first-order valence-electron chi connectivity index (χ1n) is 13.1. The van der Waals surface area contributed by atoms with Crippen molar-refractivity contribution < 1.29 is 14.3 Å². The van der Waals surface area contributed by atoms with Crippen LogP contribution in [-0.4, -0.2) is 74.4 Å². The Bertz CT molecular complexity index is 1380. The Kier molecular flexibility index (Phi) is 6.47. The van der Waals surface area contributed by atoms with Gasteiger partial charge in [-0.3, -0.25) is 0 Å². The SMILES string of the molecule is COCC1CCCN1C(=O)C1=CN(C)C2c3c(n(C)c4ccccc34)C(=O)CC1C2[Se]c1ccccc1. The summed E-state index contributed by atoms with van der Waals surface area (Å²) in [6.45, 7) is 1.30. The average molecular weight is 563 g/mol. The number of carbonyl (C=O) groups is 2. The molecule has 4 unspecified atom stereocenters. The van der Waals surface area contributed by atoms with E-state index in [1.165, 1.54) is 4.46 Å². The summed E-state index contributed by atoms with van der Waals surface area (Å²) in [4.78, 5) is 32.5. The molecule has 7 heteroatoms. The molecule has 0 N–H and O–H groups in total. The first kappa shape index (κ1) is 24.5. The normalized spacial score (nSPS) is 25.3. The van der Waals surface area contributed by atoms with E-state index < -0.39 is 0 Å². The Balaban J connectivity index is 1.50. The summed E-state index contributed by atoms with van der Waals surface area (Å²) in [5.74, 6) is 0.0996. The minimum absolute atomic E-state index is 0.0302. The van der Waals surface area contributed by atoms with Gasteiger partial charge in [0.15, 0.2) is 0 Å². The fourth-order valence-electron chi connectivity index (χ4n) is 6.62. The van der Waals surface area contributed by atoms with E-state index in [0.29, 0.717) is 13.0 Å². The number of para-hydroxylation sites is 1. The van der Waals surface area contributed by atoms with Crippen molar-refractivity contribution in [1.82, 2.24) is 14.4 Å². The summed E-state index contributed by atoms with van der Waals surface area (Å²) in [5.41, 5.74) is 3.80. The number of hydrogen-bond acceptors (Lipinski definition) is 4. The predicted octanol–water partition coefficient (Wildman–Crippen LogP) is 3.71. The van der Waals surface area contributed by atoms with Gasteiger partial charge in [-0.1, -0.05) is 0 Å². The van der Waals surface area contributed by atoms with Crippen molar-refractivity contribution in [2.45, 2.75) is 36.2 Å². The second kappa shape index (κ2) is 9.79. The Morgan fingerprint density at radius 3 is 2.62 bits per heavy atom. The third-order valence-electron chi connectivity index (χ3n) is 8.26. The van der Waals surface area contributed by atoms with Crippen molar-refractivity contribution >= 4 is 42.0 Å². The van der Waals surface area contributed by atoms with Crippen molar-refractivity contribution in [3.05, 3.63) is 77.6 Å². The van der Waals surface area contributed by atoms with Gasteiger partial charge in [0.05, 0.1) is 0 Å². The molecule has 0 radical (unpaired) electrons. The van der Waals surface area contributed by atoms with Gasteiger partial charge in [0.1, 0.15) is 0 Å². The summed E-state index contributed by atoms with van der Waals surface area (Å²) in [6.07, 6.45) is 4.37. The predicted molar refractivity (Wildman–Crippen MR) is 146 cm³/mol. The molecule has 0 spiro atoms. The molecule has 37 heavy (non-hydrogen) atoms. The van der Waals surface area contributed by atoms with Crippen LogP contribution in [0, 0.1) is 5.92 Å². The molecule has 0 saturated carbocycles. The van der Waals surface area contributed by atoms with Crippen molar-refractivity contribution in [3.8, 4) is 0 Å². The molecule has 1 saturated heterocycles. The van der Waals surface area contributed by atoms with Crippen LogP contribution in [0.4, 0.5) is 0 Å². The van der Waals surface area contributed by atoms with Crippen LogP contribution in [0.15, 0.2) is 66.4 Å². The number of carbonyl (C=O) groups excluding carboxylic acids is 2. The number of benzene rings is 2. The molecule has 1 amide bonds. The van der Waals surface area contributed by atoms with Gasteiger partial charge in [0.25, 0.3) is 0 Å². The Morgan fingerprint density at radius 2 is 1.84 bits per heavy atom. The summed E-state index contributed by atoms with van der Waals surface area (Å²) < 4.78 is 8.81. The standard InChI is InChI=1S/C30H33N3O3Se/c1-31-17-23(30(35)33-15-9-10-19(33)18-36-3)22-16-25(34)27-26(21-13-7-8-14-24(21)32(27)2)28(31)29(22)37-20-11-5-4-6-12-20/h4-8,11-14,17,19,22,28-29H,9-10,15-16,18H2,1-3H3. The summed E-state index contributed by atoms with van der Waals surface area (Å²) in [7, 11) is 5.79. The number of aromatic nitrogens is 1. The van der Waals surface area contributed by atoms with E-state index in [1.807, 2.05) is 24.1 Å². The van der Waals surface area contributed by atoms with Crippen LogP contribution < -0.4 is 4.46 Å². The quantitative estimate of drug-likeness (QED) is 0.445. The van der Waals surface area contributed by atoms with Crippen LogP contribution in [0.1, 0.15) is 41.4 Å². The molecule has 1 fully saturated rings. The number of rotatable bonds is 5.